The van der Waals surface area contributed by atoms with E-state index in [1.54, 1.807) is 0 Å². The van der Waals surface area contributed by atoms with E-state index >= 15 is 0 Å². The second kappa shape index (κ2) is 5.98. The molecule has 3 rings (SSSR count). The number of rotatable bonds is 7. The molecule has 7 heteroatoms. The highest BCUT2D eigenvalue weighted by atomic mass is 32.2. The van der Waals surface area contributed by atoms with Gasteiger partial charge in [-0.25, -0.2) is 18.1 Å². The minimum atomic E-state index is -3.12. The number of aromatic nitrogens is 1. The predicted octanol–water partition coefficient (Wildman–Crippen LogP) is 1.70. The number of fused-ring (bicyclic) bond motifs is 1. The van der Waals surface area contributed by atoms with Crippen molar-refractivity contribution in [3.05, 3.63) is 29.7 Å². The van der Waals surface area contributed by atoms with Gasteiger partial charge in [-0.15, -0.1) is 0 Å². The molecule has 0 unspecified atom stereocenters. The minimum absolute atomic E-state index is 0.00429. The van der Waals surface area contributed by atoms with Crippen LogP contribution in [0.1, 0.15) is 31.2 Å². The van der Waals surface area contributed by atoms with Crippen LogP contribution in [0, 0.1) is 6.92 Å². The summed E-state index contributed by atoms with van der Waals surface area (Å²) < 4.78 is 31.8. The second-order valence-corrected chi connectivity index (χ2v) is 7.95. The average Bonchev–Trinajstić information content (AvgIpc) is 3.25. The molecular formula is C15H21N3O3S. The fourth-order valence-corrected chi connectivity index (χ4v) is 3.75. The molecule has 0 amide bonds. The fraction of sp³-hybridized carbons (Fsp3) is 0.533. The summed E-state index contributed by atoms with van der Waals surface area (Å²) in [7, 11) is -3.12. The third kappa shape index (κ3) is 3.48. The summed E-state index contributed by atoms with van der Waals surface area (Å²) in [6, 6.07) is 5.84. The molecule has 0 radical (unpaired) electrons. The Balaban J connectivity index is 1.53. The van der Waals surface area contributed by atoms with E-state index in [2.05, 4.69) is 15.0 Å². The lowest BCUT2D eigenvalue weighted by molar-refractivity contribution is 0.456. The number of hydrogen-bond acceptors (Lipinski definition) is 5. The SMILES string of the molecule is Cc1cccc2oc(CN[C@@H](C)CNS(=O)(=O)C3CC3)nc12. The van der Waals surface area contributed by atoms with Crippen LogP contribution in [0.25, 0.3) is 11.1 Å². The maximum Gasteiger partial charge on any atom is 0.214 e. The van der Waals surface area contributed by atoms with Crippen molar-refractivity contribution < 1.29 is 12.8 Å². The number of benzene rings is 1. The quantitative estimate of drug-likeness (QED) is 0.810. The van der Waals surface area contributed by atoms with E-state index in [9.17, 15) is 8.42 Å². The van der Waals surface area contributed by atoms with Gasteiger partial charge in [-0.05, 0) is 38.3 Å². The fourth-order valence-electron chi connectivity index (χ4n) is 2.28. The van der Waals surface area contributed by atoms with Gasteiger partial charge < -0.3 is 9.73 Å². The zero-order chi connectivity index (χ0) is 15.7. The molecule has 1 heterocycles. The normalized spacial score (nSPS) is 17.0. The van der Waals surface area contributed by atoms with Gasteiger partial charge in [-0.1, -0.05) is 12.1 Å². The molecule has 0 aliphatic heterocycles. The Morgan fingerprint density at radius 3 is 2.86 bits per heavy atom. The Labute approximate surface area is 130 Å². The first-order valence-corrected chi connectivity index (χ1v) is 9.07. The van der Waals surface area contributed by atoms with Gasteiger partial charge in [0.1, 0.15) is 5.52 Å². The number of aryl methyl sites for hydroxylation is 1. The maximum absolute atomic E-state index is 11.8. The Hall–Kier alpha value is -1.44. The molecule has 0 bridgehead atoms. The van der Waals surface area contributed by atoms with Gasteiger partial charge in [0.2, 0.25) is 15.9 Å². The zero-order valence-corrected chi connectivity index (χ0v) is 13.6. The van der Waals surface area contributed by atoms with Crippen molar-refractivity contribution in [3.63, 3.8) is 0 Å². The van der Waals surface area contributed by atoms with Gasteiger partial charge in [-0.3, -0.25) is 0 Å². The van der Waals surface area contributed by atoms with Gasteiger partial charge in [0.05, 0.1) is 11.8 Å². The number of para-hydroxylation sites is 1. The van der Waals surface area contributed by atoms with Gasteiger partial charge in [0.25, 0.3) is 0 Å². The molecule has 1 aliphatic carbocycles. The van der Waals surface area contributed by atoms with Crippen LogP contribution in [0.2, 0.25) is 0 Å². The molecule has 120 valence electrons. The Morgan fingerprint density at radius 2 is 2.18 bits per heavy atom. The van der Waals surface area contributed by atoms with Gasteiger partial charge in [0.15, 0.2) is 5.58 Å². The Bertz CT molecular complexity index is 765. The third-order valence-corrected chi connectivity index (χ3v) is 5.74. The second-order valence-electron chi connectivity index (χ2n) is 5.90. The number of sulfonamides is 1. The summed E-state index contributed by atoms with van der Waals surface area (Å²) in [5.74, 6) is 0.612. The molecule has 2 N–H and O–H groups in total. The van der Waals surface area contributed by atoms with Crippen molar-refractivity contribution in [2.24, 2.45) is 0 Å². The van der Waals surface area contributed by atoms with E-state index in [1.807, 2.05) is 32.0 Å². The van der Waals surface area contributed by atoms with Crippen LogP contribution in [0.5, 0.6) is 0 Å². The van der Waals surface area contributed by atoms with E-state index in [0.717, 1.165) is 29.5 Å². The summed E-state index contributed by atoms with van der Waals surface area (Å²) in [5.41, 5.74) is 2.73. The standard InChI is InChI=1S/C15H21N3O3S/c1-10-4-3-5-13-15(10)18-14(21-13)9-16-11(2)8-17-22(19,20)12-6-7-12/h3-5,11-12,16-17H,6-9H2,1-2H3/t11-/m0/s1. The van der Waals surface area contributed by atoms with E-state index < -0.39 is 10.0 Å². The largest absolute Gasteiger partial charge is 0.439 e. The smallest absolute Gasteiger partial charge is 0.214 e. The molecule has 0 spiro atoms. The highest BCUT2D eigenvalue weighted by molar-refractivity contribution is 7.90. The van der Waals surface area contributed by atoms with Crippen LogP contribution in [0.4, 0.5) is 0 Å². The molecule has 1 aromatic heterocycles. The lowest BCUT2D eigenvalue weighted by Crippen LogP contribution is -2.39. The van der Waals surface area contributed by atoms with E-state index in [4.69, 9.17) is 4.42 Å². The molecule has 2 aromatic rings. The Kier molecular flexibility index (Phi) is 4.20. The average molecular weight is 323 g/mol. The van der Waals surface area contributed by atoms with Crippen molar-refractivity contribution in [2.75, 3.05) is 6.54 Å². The maximum atomic E-state index is 11.8. The number of nitrogens with one attached hydrogen (secondary N) is 2. The van der Waals surface area contributed by atoms with Crippen molar-refractivity contribution in [1.82, 2.24) is 15.0 Å². The summed E-state index contributed by atoms with van der Waals surface area (Å²) in [4.78, 5) is 4.46. The van der Waals surface area contributed by atoms with Crippen molar-refractivity contribution in [1.29, 1.82) is 0 Å². The van der Waals surface area contributed by atoms with Crippen LogP contribution >= 0.6 is 0 Å². The topological polar surface area (TPSA) is 84.2 Å². The van der Waals surface area contributed by atoms with E-state index in [-0.39, 0.29) is 11.3 Å². The van der Waals surface area contributed by atoms with Crippen molar-refractivity contribution in [2.45, 2.75) is 44.5 Å². The molecule has 1 atom stereocenters. The van der Waals surface area contributed by atoms with Crippen LogP contribution in [-0.4, -0.2) is 31.2 Å². The van der Waals surface area contributed by atoms with Gasteiger partial charge >= 0.3 is 0 Å². The number of nitrogens with zero attached hydrogens (tertiary/aromatic N) is 1. The predicted molar refractivity (Wildman–Crippen MR) is 85.0 cm³/mol. The van der Waals surface area contributed by atoms with Crippen LogP contribution in [-0.2, 0) is 16.6 Å². The van der Waals surface area contributed by atoms with E-state index in [1.165, 1.54) is 0 Å². The van der Waals surface area contributed by atoms with Crippen LogP contribution < -0.4 is 10.0 Å². The van der Waals surface area contributed by atoms with Crippen LogP contribution in [0.3, 0.4) is 0 Å². The lowest BCUT2D eigenvalue weighted by atomic mass is 10.2. The van der Waals surface area contributed by atoms with Crippen molar-refractivity contribution >= 4 is 21.1 Å². The van der Waals surface area contributed by atoms with Gasteiger partial charge in [0, 0.05) is 12.6 Å². The van der Waals surface area contributed by atoms with Gasteiger partial charge in [-0.2, -0.15) is 0 Å². The van der Waals surface area contributed by atoms with Crippen LogP contribution in [0.15, 0.2) is 22.6 Å². The summed E-state index contributed by atoms with van der Waals surface area (Å²) >= 11 is 0. The number of hydrogen-bond donors (Lipinski definition) is 2. The number of oxazole rings is 1. The first-order valence-electron chi connectivity index (χ1n) is 7.52. The van der Waals surface area contributed by atoms with E-state index in [0.29, 0.717) is 19.0 Å². The third-order valence-electron chi connectivity index (χ3n) is 3.82. The molecule has 6 nitrogen and oxygen atoms in total. The summed E-state index contributed by atoms with van der Waals surface area (Å²) in [5, 5.41) is 3.05. The highest BCUT2D eigenvalue weighted by Crippen LogP contribution is 2.27. The molecular weight excluding hydrogens is 302 g/mol. The molecule has 1 aromatic carbocycles. The first-order chi connectivity index (χ1) is 10.5. The molecule has 1 fully saturated rings. The molecule has 1 aliphatic rings. The first kappa shape index (κ1) is 15.5. The monoisotopic (exact) mass is 323 g/mol. The highest BCUT2D eigenvalue weighted by Gasteiger charge is 2.35. The molecule has 22 heavy (non-hydrogen) atoms. The zero-order valence-electron chi connectivity index (χ0n) is 12.8. The summed E-state index contributed by atoms with van der Waals surface area (Å²) in [6.45, 7) is 4.78. The van der Waals surface area contributed by atoms with Crippen molar-refractivity contribution in [3.8, 4) is 0 Å². The molecule has 0 saturated heterocycles. The summed E-state index contributed by atoms with van der Waals surface area (Å²) in [6.07, 6.45) is 1.55. The molecule has 1 saturated carbocycles. The lowest BCUT2D eigenvalue weighted by Gasteiger charge is -2.13. The minimum Gasteiger partial charge on any atom is -0.439 e. The Morgan fingerprint density at radius 1 is 1.41 bits per heavy atom.